The average molecular weight is 317 g/mol. The van der Waals surface area contributed by atoms with E-state index in [0.29, 0.717) is 23.9 Å². The van der Waals surface area contributed by atoms with Gasteiger partial charge in [0.15, 0.2) is 0 Å². The number of hydrogen-bond acceptors (Lipinski definition) is 7. The van der Waals surface area contributed by atoms with Gasteiger partial charge in [0.05, 0.1) is 4.92 Å². The number of thioether (sulfide) groups is 1. The molecule has 0 bridgehead atoms. The molecule has 0 fully saturated rings. The fourth-order valence-electron chi connectivity index (χ4n) is 1.37. The highest BCUT2D eigenvalue weighted by molar-refractivity contribution is 7.99. The van der Waals surface area contributed by atoms with Crippen molar-refractivity contribution in [2.24, 2.45) is 0 Å². The fraction of sp³-hybridized carbons (Fsp3) is 0.100. The van der Waals surface area contributed by atoms with Gasteiger partial charge in [-0.05, 0) is 6.07 Å². The van der Waals surface area contributed by atoms with Crippen molar-refractivity contribution in [1.29, 1.82) is 0 Å². The SMILES string of the molecule is O=C(O)CSc1nnc(-c2c(F)ccc([N+](=O)[O-])c2F)o1. The Morgan fingerprint density at radius 1 is 1.43 bits per heavy atom. The summed E-state index contributed by atoms with van der Waals surface area (Å²) in [5.41, 5.74) is -1.77. The summed E-state index contributed by atoms with van der Waals surface area (Å²) in [4.78, 5) is 20.0. The molecule has 0 radical (unpaired) electrons. The molecule has 110 valence electrons. The molecule has 11 heteroatoms. The van der Waals surface area contributed by atoms with Crippen molar-refractivity contribution < 1.29 is 28.0 Å². The van der Waals surface area contributed by atoms with E-state index in [1.165, 1.54) is 0 Å². The van der Waals surface area contributed by atoms with Crippen LogP contribution in [-0.2, 0) is 4.79 Å². The monoisotopic (exact) mass is 317 g/mol. The van der Waals surface area contributed by atoms with Gasteiger partial charge in [-0.2, -0.15) is 4.39 Å². The number of rotatable bonds is 5. The molecule has 0 aliphatic carbocycles. The van der Waals surface area contributed by atoms with Crippen LogP contribution >= 0.6 is 11.8 Å². The highest BCUT2D eigenvalue weighted by atomic mass is 32.2. The van der Waals surface area contributed by atoms with Crippen LogP contribution in [0.4, 0.5) is 14.5 Å². The molecule has 0 aliphatic rings. The number of nitro benzene ring substituents is 1. The lowest BCUT2D eigenvalue weighted by Crippen LogP contribution is -1.98. The van der Waals surface area contributed by atoms with E-state index < -0.39 is 39.7 Å². The minimum absolute atomic E-state index is 0.224. The zero-order valence-electron chi connectivity index (χ0n) is 9.95. The molecular weight excluding hydrogens is 312 g/mol. The summed E-state index contributed by atoms with van der Waals surface area (Å²) in [6.45, 7) is 0. The molecule has 0 unspecified atom stereocenters. The third kappa shape index (κ3) is 3.13. The zero-order chi connectivity index (χ0) is 15.6. The van der Waals surface area contributed by atoms with Crippen molar-refractivity contribution in [3.05, 3.63) is 33.9 Å². The van der Waals surface area contributed by atoms with Crippen LogP contribution in [-0.4, -0.2) is 31.9 Å². The van der Waals surface area contributed by atoms with Crippen LogP contribution < -0.4 is 0 Å². The number of nitro groups is 1. The first-order chi connectivity index (χ1) is 9.90. The molecule has 1 heterocycles. The summed E-state index contributed by atoms with van der Waals surface area (Å²) in [7, 11) is 0. The second-order valence-electron chi connectivity index (χ2n) is 3.57. The van der Waals surface area contributed by atoms with Crippen LogP contribution in [0.2, 0.25) is 0 Å². The summed E-state index contributed by atoms with van der Waals surface area (Å²) in [5.74, 6) is -4.70. The lowest BCUT2D eigenvalue weighted by Gasteiger charge is -2.00. The van der Waals surface area contributed by atoms with Crippen molar-refractivity contribution in [2.45, 2.75) is 5.22 Å². The average Bonchev–Trinajstić information content (AvgIpc) is 2.84. The Bertz CT molecular complexity index is 721. The standard InChI is InChI=1S/C10H5F2N3O5S/c11-4-1-2-5(15(18)19)8(12)7(4)9-13-14-10(20-9)21-3-6(16)17/h1-2H,3H2,(H,16,17). The number of hydrogen-bond donors (Lipinski definition) is 1. The number of carboxylic acid groups (broad SMARTS) is 1. The molecular formula is C10H5F2N3O5S. The normalized spacial score (nSPS) is 10.6. The molecule has 0 amide bonds. The fourth-order valence-corrected chi connectivity index (χ4v) is 1.85. The van der Waals surface area contributed by atoms with Gasteiger partial charge in [-0.1, -0.05) is 11.8 Å². The highest BCUT2D eigenvalue weighted by Crippen LogP contribution is 2.32. The third-order valence-corrected chi connectivity index (χ3v) is 3.01. The highest BCUT2D eigenvalue weighted by Gasteiger charge is 2.26. The lowest BCUT2D eigenvalue weighted by atomic mass is 10.1. The Morgan fingerprint density at radius 3 is 2.76 bits per heavy atom. The summed E-state index contributed by atoms with van der Waals surface area (Å²) in [6, 6.07) is 1.37. The Kier molecular flexibility index (Phi) is 4.12. The first kappa shape index (κ1) is 14.8. The predicted octanol–water partition coefficient (Wildman–Crippen LogP) is 2.10. The topological polar surface area (TPSA) is 119 Å². The van der Waals surface area contributed by atoms with Crippen LogP contribution in [0.5, 0.6) is 0 Å². The number of halogens is 2. The lowest BCUT2D eigenvalue weighted by molar-refractivity contribution is -0.387. The zero-order valence-corrected chi connectivity index (χ0v) is 10.8. The van der Waals surface area contributed by atoms with Gasteiger partial charge in [-0.15, -0.1) is 10.2 Å². The molecule has 0 spiro atoms. The molecule has 0 saturated carbocycles. The smallest absolute Gasteiger partial charge is 0.314 e. The van der Waals surface area contributed by atoms with E-state index in [0.717, 1.165) is 0 Å². The van der Waals surface area contributed by atoms with Gasteiger partial charge in [0, 0.05) is 6.07 Å². The maximum atomic E-state index is 13.9. The van der Waals surface area contributed by atoms with Crippen molar-refractivity contribution >= 4 is 23.4 Å². The summed E-state index contributed by atoms with van der Waals surface area (Å²) < 4.78 is 32.4. The largest absolute Gasteiger partial charge is 0.481 e. The second-order valence-corrected chi connectivity index (χ2v) is 4.49. The molecule has 0 atom stereocenters. The van der Waals surface area contributed by atoms with Gasteiger partial charge < -0.3 is 9.52 Å². The Balaban J connectivity index is 2.40. The van der Waals surface area contributed by atoms with Crippen LogP contribution in [0, 0.1) is 21.7 Å². The minimum Gasteiger partial charge on any atom is -0.481 e. The van der Waals surface area contributed by atoms with Crippen LogP contribution in [0.15, 0.2) is 21.8 Å². The van der Waals surface area contributed by atoms with Crippen molar-refractivity contribution in [3.63, 3.8) is 0 Å². The summed E-state index contributed by atoms with van der Waals surface area (Å²) in [5, 5.41) is 25.6. The molecule has 1 aromatic heterocycles. The summed E-state index contributed by atoms with van der Waals surface area (Å²) >= 11 is 0.648. The van der Waals surface area contributed by atoms with E-state index in [9.17, 15) is 23.7 Å². The number of aromatic nitrogens is 2. The van der Waals surface area contributed by atoms with E-state index >= 15 is 0 Å². The maximum absolute atomic E-state index is 13.9. The van der Waals surface area contributed by atoms with Gasteiger partial charge in [-0.3, -0.25) is 14.9 Å². The van der Waals surface area contributed by atoms with E-state index in [1.807, 2.05) is 0 Å². The van der Waals surface area contributed by atoms with E-state index in [2.05, 4.69) is 10.2 Å². The quantitative estimate of drug-likeness (QED) is 0.506. The first-order valence-corrected chi connectivity index (χ1v) is 6.19. The Morgan fingerprint density at radius 2 is 2.14 bits per heavy atom. The molecule has 0 aliphatic heterocycles. The van der Waals surface area contributed by atoms with Gasteiger partial charge in [0.25, 0.3) is 11.1 Å². The Hall–Kier alpha value is -2.56. The molecule has 2 rings (SSSR count). The van der Waals surface area contributed by atoms with Crippen molar-refractivity contribution in [1.82, 2.24) is 10.2 Å². The van der Waals surface area contributed by atoms with E-state index in [-0.39, 0.29) is 11.0 Å². The minimum atomic E-state index is -1.45. The molecule has 1 aromatic carbocycles. The van der Waals surface area contributed by atoms with Gasteiger partial charge >= 0.3 is 11.7 Å². The molecule has 0 saturated heterocycles. The summed E-state index contributed by atoms with van der Waals surface area (Å²) in [6.07, 6.45) is 0. The number of aliphatic carboxylic acids is 1. The van der Waals surface area contributed by atoms with Crippen molar-refractivity contribution in [2.75, 3.05) is 5.75 Å². The second kappa shape index (κ2) is 5.83. The molecule has 21 heavy (non-hydrogen) atoms. The predicted molar refractivity (Wildman–Crippen MR) is 64.7 cm³/mol. The molecule has 1 N–H and O–H groups in total. The number of benzene rings is 1. The van der Waals surface area contributed by atoms with Gasteiger partial charge in [0.1, 0.15) is 17.1 Å². The van der Waals surface area contributed by atoms with Crippen LogP contribution in [0.3, 0.4) is 0 Å². The Labute approximate surface area is 118 Å². The van der Waals surface area contributed by atoms with Crippen LogP contribution in [0.25, 0.3) is 11.5 Å². The third-order valence-electron chi connectivity index (χ3n) is 2.21. The maximum Gasteiger partial charge on any atom is 0.314 e. The van der Waals surface area contributed by atoms with E-state index in [1.54, 1.807) is 0 Å². The van der Waals surface area contributed by atoms with Gasteiger partial charge in [-0.25, -0.2) is 4.39 Å². The van der Waals surface area contributed by atoms with E-state index in [4.69, 9.17) is 9.52 Å². The number of nitrogens with zero attached hydrogens (tertiary/aromatic N) is 3. The number of carboxylic acids is 1. The molecule has 8 nitrogen and oxygen atoms in total. The van der Waals surface area contributed by atoms with Crippen LogP contribution in [0.1, 0.15) is 0 Å². The molecule has 2 aromatic rings. The number of carbonyl (C=O) groups is 1. The van der Waals surface area contributed by atoms with Gasteiger partial charge in [0.2, 0.25) is 5.82 Å². The van der Waals surface area contributed by atoms with Crippen molar-refractivity contribution in [3.8, 4) is 11.5 Å². The first-order valence-electron chi connectivity index (χ1n) is 5.21.